The zero-order chi connectivity index (χ0) is 35.5. The summed E-state index contributed by atoms with van der Waals surface area (Å²) in [6, 6.07) is 27.0. The maximum atomic E-state index is 13.9. The van der Waals surface area contributed by atoms with Gasteiger partial charge in [-0.3, -0.25) is 4.79 Å². The zero-order valence-electron chi connectivity index (χ0n) is 27.8. The molecule has 0 saturated heterocycles. The first-order valence-corrected chi connectivity index (χ1v) is 16.0. The summed E-state index contributed by atoms with van der Waals surface area (Å²) in [5.74, 6) is 1.28. The van der Waals surface area contributed by atoms with Crippen molar-refractivity contribution in [2.24, 2.45) is 5.73 Å². The van der Waals surface area contributed by atoms with Crippen LogP contribution in [0.2, 0.25) is 0 Å². The van der Waals surface area contributed by atoms with Crippen LogP contribution >= 0.6 is 0 Å². The Bertz CT molecular complexity index is 1880. The molecule has 12 heteroatoms. The lowest BCUT2D eigenvalue weighted by Gasteiger charge is -2.16. The van der Waals surface area contributed by atoms with E-state index < -0.39 is 11.7 Å². The Morgan fingerprint density at radius 2 is 1.40 bits per heavy atom. The van der Waals surface area contributed by atoms with Crippen LogP contribution in [-0.4, -0.2) is 69.2 Å². The van der Waals surface area contributed by atoms with E-state index in [0.717, 1.165) is 23.3 Å². The number of nitrogens with two attached hydrogens (primary N) is 1. The van der Waals surface area contributed by atoms with Crippen molar-refractivity contribution < 1.29 is 36.9 Å². The number of carbonyl (C=O) groups excluding carboxylic acids is 1. The number of halogens is 3. The minimum Gasteiger partial charge on any atom is -0.497 e. The average molecular weight is 689 g/mol. The molecule has 0 saturated carbocycles. The van der Waals surface area contributed by atoms with Crippen molar-refractivity contribution in [1.82, 2.24) is 14.9 Å². The van der Waals surface area contributed by atoms with E-state index in [4.69, 9.17) is 29.7 Å². The Hall–Kier alpha value is -5.17. The third-order valence-electron chi connectivity index (χ3n) is 7.83. The van der Waals surface area contributed by atoms with E-state index in [9.17, 15) is 18.0 Å². The molecule has 262 valence electrons. The van der Waals surface area contributed by atoms with Crippen molar-refractivity contribution in [2.75, 3.05) is 53.7 Å². The first-order valence-electron chi connectivity index (χ1n) is 16.0. The maximum absolute atomic E-state index is 13.9. The highest BCUT2D eigenvalue weighted by Gasteiger charge is 2.31. The Kier molecular flexibility index (Phi) is 12.3. The van der Waals surface area contributed by atoms with Gasteiger partial charge in [0.05, 0.1) is 57.6 Å². The molecule has 1 amide bonds. The monoisotopic (exact) mass is 688 g/mol. The zero-order valence-corrected chi connectivity index (χ0v) is 27.8. The van der Waals surface area contributed by atoms with Gasteiger partial charge in [-0.25, -0.2) is 4.98 Å². The van der Waals surface area contributed by atoms with Crippen LogP contribution < -0.4 is 20.5 Å². The second-order valence-electron chi connectivity index (χ2n) is 11.2. The van der Waals surface area contributed by atoms with E-state index in [1.807, 2.05) is 65.2 Å². The number of methoxy groups -OCH3 is 2. The molecule has 1 heterocycles. The maximum Gasteiger partial charge on any atom is 0.416 e. The van der Waals surface area contributed by atoms with Gasteiger partial charge in [0, 0.05) is 41.9 Å². The Labute approximate surface area is 288 Å². The van der Waals surface area contributed by atoms with Gasteiger partial charge in [-0.2, -0.15) is 13.2 Å². The van der Waals surface area contributed by atoms with E-state index >= 15 is 0 Å². The highest BCUT2D eigenvalue weighted by Crippen LogP contribution is 2.40. The molecule has 50 heavy (non-hydrogen) atoms. The molecule has 0 atom stereocenters. The fourth-order valence-electron chi connectivity index (χ4n) is 5.38. The van der Waals surface area contributed by atoms with Gasteiger partial charge in [-0.15, -0.1) is 0 Å². The summed E-state index contributed by atoms with van der Waals surface area (Å²) in [6.45, 7) is 2.63. The summed E-state index contributed by atoms with van der Waals surface area (Å²) in [7, 11) is 3.13. The molecule has 3 N–H and O–H groups in total. The molecule has 5 aromatic rings. The lowest BCUT2D eigenvalue weighted by Crippen LogP contribution is -2.27. The molecule has 0 aliphatic heterocycles. The fraction of sp³-hybridized carbons (Fsp3) is 0.263. The van der Waals surface area contributed by atoms with Gasteiger partial charge in [0.15, 0.2) is 0 Å². The molecule has 1 aromatic heterocycles. The first-order chi connectivity index (χ1) is 24.2. The quantitative estimate of drug-likeness (QED) is 0.111. The molecule has 0 unspecified atom stereocenters. The Balaban J connectivity index is 1.52. The van der Waals surface area contributed by atoms with Crippen LogP contribution in [-0.2, 0) is 22.2 Å². The average Bonchev–Trinajstić information content (AvgIpc) is 3.51. The van der Waals surface area contributed by atoms with Crippen LogP contribution in [0.25, 0.3) is 33.9 Å². The highest BCUT2D eigenvalue weighted by atomic mass is 19.4. The normalized spacial score (nSPS) is 11.4. The van der Waals surface area contributed by atoms with Crippen molar-refractivity contribution in [3.63, 3.8) is 0 Å². The van der Waals surface area contributed by atoms with Crippen molar-refractivity contribution in [3.05, 3.63) is 114 Å². The van der Waals surface area contributed by atoms with Gasteiger partial charge < -0.3 is 34.6 Å². The van der Waals surface area contributed by atoms with Crippen LogP contribution in [0.1, 0.15) is 21.5 Å². The summed E-state index contributed by atoms with van der Waals surface area (Å²) in [4.78, 5) is 17.8. The highest BCUT2D eigenvalue weighted by molar-refractivity contribution is 5.94. The Morgan fingerprint density at radius 3 is 2.06 bits per heavy atom. The van der Waals surface area contributed by atoms with Crippen molar-refractivity contribution in [3.8, 4) is 45.4 Å². The van der Waals surface area contributed by atoms with E-state index in [2.05, 4.69) is 5.32 Å². The number of hydrogen-bond acceptors (Lipinski definition) is 7. The van der Waals surface area contributed by atoms with Crippen molar-refractivity contribution in [2.45, 2.75) is 12.7 Å². The number of aromatic nitrogens is 2. The number of hydrogen-bond donors (Lipinski definition) is 2. The third-order valence-corrected chi connectivity index (χ3v) is 7.83. The molecular weight excluding hydrogens is 649 g/mol. The molecule has 0 aliphatic rings. The van der Waals surface area contributed by atoms with Gasteiger partial charge in [-0.1, -0.05) is 48.5 Å². The summed E-state index contributed by atoms with van der Waals surface area (Å²) in [5, 5.41) is 2.84. The molecule has 0 bridgehead atoms. The minimum atomic E-state index is -4.54. The van der Waals surface area contributed by atoms with Gasteiger partial charge in [0.1, 0.15) is 17.3 Å². The number of alkyl halides is 3. The van der Waals surface area contributed by atoms with Gasteiger partial charge >= 0.3 is 6.18 Å². The largest absolute Gasteiger partial charge is 0.497 e. The number of ether oxygens (including phenoxy) is 4. The number of imidazole rings is 1. The van der Waals surface area contributed by atoms with Crippen LogP contribution in [0.3, 0.4) is 0 Å². The molecular formula is C38H39F3N4O5. The second kappa shape index (κ2) is 17.0. The SMILES string of the molecule is COc1cccc(-c2nc(-c3cccc(C(F)(F)F)c3)n(Cc3ccc(C(=O)NCCOCCOCCN)cc3)c2-c2cccc(OC)c2)c1. The number of nitrogens with zero attached hydrogens (tertiary/aromatic N) is 2. The first kappa shape index (κ1) is 36.1. The lowest BCUT2D eigenvalue weighted by atomic mass is 10.0. The van der Waals surface area contributed by atoms with Gasteiger partial charge in [0.25, 0.3) is 5.91 Å². The number of benzene rings is 4. The molecule has 0 spiro atoms. The van der Waals surface area contributed by atoms with Gasteiger partial charge in [0.2, 0.25) is 0 Å². The topological polar surface area (TPSA) is 110 Å². The molecule has 0 aliphatic carbocycles. The molecule has 9 nitrogen and oxygen atoms in total. The minimum absolute atomic E-state index is 0.233. The molecule has 0 fully saturated rings. The molecule has 4 aromatic carbocycles. The van der Waals surface area contributed by atoms with E-state index in [0.29, 0.717) is 84.9 Å². The number of carbonyl (C=O) groups is 1. The molecule has 0 radical (unpaired) electrons. The number of rotatable bonds is 16. The summed E-state index contributed by atoms with van der Waals surface area (Å²) < 4.78 is 65.3. The van der Waals surface area contributed by atoms with E-state index in [-0.39, 0.29) is 12.5 Å². The van der Waals surface area contributed by atoms with E-state index in [1.165, 1.54) is 6.07 Å². The summed E-state index contributed by atoms with van der Waals surface area (Å²) in [5.41, 5.74) is 8.83. The van der Waals surface area contributed by atoms with E-state index in [1.54, 1.807) is 32.4 Å². The Morgan fingerprint density at radius 1 is 0.780 bits per heavy atom. The standard InChI is InChI=1S/C38H39F3N4O5/c1-47-32-10-4-6-28(23-32)34-35(29-7-5-11-33(24-29)48-2)45(36(44-34)30-8-3-9-31(22-30)38(39,40)41)25-26-12-14-27(15-13-26)37(46)43-17-19-50-21-20-49-18-16-42/h3-15,22-24H,16-21,25,42H2,1-2H3,(H,43,46). The van der Waals surface area contributed by atoms with Crippen molar-refractivity contribution >= 4 is 5.91 Å². The third kappa shape index (κ3) is 9.08. The summed E-state index contributed by atoms with van der Waals surface area (Å²) in [6.07, 6.45) is -4.54. The van der Waals surface area contributed by atoms with Crippen LogP contribution in [0.4, 0.5) is 13.2 Å². The van der Waals surface area contributed by atoms with Gasteiger partial charge in [-0.05, 0) is 54.1 Å². The van der Waals surface area contributed by atoms with Crippen LogP contribution in [0, 0.1) is 0 Å². The summed E-state index contributed by atoms with van der Waals surface area (Å²) >= 11 is 0. The van der Waals surface area contributed by atoms with Crippen LogP contribution in [0.15, 0.2) is 97.1 Å². The second-order valence-corrected chi connectivity index (χ2v) is 11.2. The molecule has 5 rings (SSSR count). The fourth-order valence-corrected chi connectivity index (χ4v) is 5.38. The predicted molar refractivity (Wildman–Crippen MR) is 185 cm³/mol. The van der Waals surface area contributed by atoms with Crippen molar-refractivity contribution in [1.29, 1.82) is 0 Å². The van der Waals surface area contributed by atoms with Crippen LogP contribution in [0.5, 0.6) is 11.5 Å². The number of nitrogens with one attached hydrogen (secondary N) is 1. The number of amides is 1. The predicted octanol–water partition coefficient (Wildman–Crippen LogP) is 6.69. The lowest BCUT2D eigenvalue weighted by molar-refractivity contribution is -0.137. The smallest absolute Gasteiger partial charge is 0.416 e.